The molecule has 1 aromatic rings. The highest BCUT2D eigenvalue weighted by atomic mass is 35.5. The predicted octanol–water partition coefficient (Wildman–Crippen LogP) is 3.80. The zero-order chi connectivity index (χ0) is 11.6. The molecule has 1 rings (SSSR count). The van der Waals surface area contributed by atoms with E-state index in [-0.39, 0.29) is 21.4 Å². The van der Waals surface area contributed by atoms with E-state index in [2.05, 4.69) is 4.74 Å². The van der Waals surface area contributed by atoms with Crippen molar-refractivity contribution >= 4 is 29.0 Å². The van der Waals surface area contributed by atoms with Crippen LogP contribution in [-0.4, -0.2) is 12.4 Å². The van der Waals surface area contributed by atoms with Crippen LogP contribution in [0.4, 0.5) is 8.78 Å². The van der Waals surface area contributed by atoms with Gasteiger partial charge in [0, 0.05) is 5.02 Å². The molecule has 0 fully saturated rings. The van der Waals surface area contributed by atoms with Gasteiger partial charge in [0.15, 0.2) is 5.78 Å². The first kappa shape index (κ1) is 12.2. The Morgan fingerprint density at radius 1 is 1.40 bits per heavy atom. The fourth-order valence-electron chi connectivity index (χ4n) is 1.08. The number of carbonyl (C=O) groups excluding carboxylic acids is 1. The summed E-state index contributed by atoms with van der Waals surface area (Å²) in [6.07, 6.45) is 0. The minimum atomic E-state index is -3.03. The Kier molecular flexibility index (Phi) is 3.88. The van der Waals surface area contributed by atoms with Gasteiger partial charge in [-0.2, -0.15) is 8.78 Å². The van der Waals surface area contributed by atoms with Gasteiger partial charge in [-0.1, -0.05) is 23.2 Å². The molecule has 0 saturated heterocycles. The highest BCUT2D eigenvalue weighted by Gasteiger charge is 2.17. The summed E-state index contributed by atoms with van der Waals surface area (Å²) in [5, 5.41) is 0.117. The second-order valence-corrected chi connectivity index (χ2v) is 3.54. The number of benzene rings is 1. The topological polar surface area (TPSA) is 26.3 Å². The quantitative estimate of drug-likeness (QED) is 0.768. The van der Waals surface area contributed by atoms with Crippen LogP contribution < -0.4 is 4.74 Å². The molecule has 0 spiro atoms. The number of hydrogen-bond donors (Lipinski definition) is 0. The Morgan fingerprint density at radius 2 is 2.00 bits per heavy atom. The van der Waals surface area contributed by atoms with Crippen molar-refractivity contribution in [3.8, 4) is 5.75 Å². The zero-order valence-electron chi connectivity index (χ0n) is 7.56. The molecule has 0 aliphatic heterocycles. The van der Waals surface area contributed by atoms with E-state index in [1.807, 2.05) is 0 Å². The van der Waals surface area contributed by atoms with E-state index in [9.17, 15) is 13.6 Å². The third-order valence-electron chi connectivity index (χ3n) is 1.59. The molecular weight excluding hydrogens is 249 g/mol. The SMILES string of the molecule is CC(=O)c1c(Cl)cc(Cl)cc1OC(F)F. The highest BCUT2D eigenvalue weighted by Crippen LogP contribution is 2.32. The number of halogens is 4. The summed E-state index contributed by atoms with van der Waals surface area (Å²) in [5.74, 6) is -0.776. The second-order valence-electron chi connectivity index (χ2n) is 2.70. The van der Waals surface area contributed by atoms with Gasteiger partial charge in [-0.15, -0.1) is 0 Å². The number of rotatable bonds is 3. The normalized spacial score (nSPS) is 10.5. The number of ether oxygens (including phenoxy) is 1. The first-order chi connectivity index (χ1) is 6.91. The third-order valence-corrected chi connectivity index (χ3v) is 2.10. The molecule has 1 aromatic carbocycles. The smallest absolute Gasteiger partial charge is 0.387 e. The van der Waals surface area contributed by atoms with Crippen LogP contribution in [0.1, 0.15) is 17.3 Å². The Bertz CT molecular complexity index is 394. The van der Waals surface area contributed by atoms with Gasteiger partial charge in [-0.25, -0.2) is 0 Å². The first-order valence-electron chi connectivity index (χ1n) is 3.86. The van der Waals surface area contributed by atoms with Gasteiger partial charge in [0.25, 0.3) is 0 Å². The van der Waals surface area contributed by atoms with Crippen molar-refractivity contribution in [2.24, 2.45) is 0 Å². The van der Waals surface area contributed by atoms with Crippen LogP contribution in [0.3, 0.4) is 0 Å². The molecule has 0 atom stereocenters. The minimum Gasteiger partial charge on any atom is -0.434 e. The molecule has 82 valence electrons. The molecule has 0 radical (unpaired) electrons. The van der Waals surface area contributed by atoms with Crippen LogP contribution in [0.25, 0.3) is 0 Å². The van der Waals surface area contributed by atoms with Crippen LogP contribution in [0.15, 0.2) is 12.1 Å². The van der Waals surface area contributed by atoms with E-state index in [1.54, 1.807) is 0 Å². The molecule has 15 heavy (non-hydrogen) atoms. The lowest BCUT2D eigenvalue weighted by Crippen LogP contribution is -2.07. The molecule has 0 aromatic heterocycles. The van der Waals surface area contributed by atoms with Crippen LogP contribution >= 0.6 is 23.2 Å². The van der Waals surface area contributed by atoms with Gasteiger partial charge in [-0.05, 0) is 19.1 Å². The van der Waals surface area contributed by atoms with E-state index in [4.69, 9.17) is 23.2 Å². The fourth-order valence-corrected chi connectivity index (χ4v) is 1.69. The van der Waals surface area contributed by atoms with E-state index < -0.39 is 12.4 Å². The second kappa shape index (κ2) is 4.77. The van der Waals surface area contributed by atoms with E-state index >= 15 is 0 Å². The van der Waals surface area contributed by atoms with E-state index in [0.29, 0.717) is 0 Å². The summed E-state index contributed by atoms with van der Waals surface area (Å²) >= 11 is 11.3. The van der Waals surface area contributed by atoms with E-state index in [1.165, 1.54) is 13.0 Å². The summed E-state index contributed by atoms with van der Waals surface area (Å²) in [6, 6.07) is 2.41. The minimum absolute atomic E-state index is 0.00866. The van der Waals surface area contributed by atoms with Crippen LogP contribution in [-0.2, 0) is 0 Å². The lowest BCUT2D eigenvalue weighted by Gasteiger charge is -2.10. The largest absolute Gasteiger partial charge is 0.434 e. The molecule has 6 heteroatoms. The van der Waals surface area contributed by atoms with Crippen molar-refractivity contribution in [2.75, 3.05) is 0 Å². The van der Waals surface area contributed by atoms with Crippen molar-refractivity contribution in [1.82, 2.24) is 0 Å². The fraction of sp³-hybridized carbons (Fsp3) is 0.222. The van der Waals surface area contributed by atoms with Gasteiger partial charge in [0.1, 0.15) is 5.75 Å². The molecule has 0 aliphatic carbocycles. The van der Waals surface area contributed by atoms with Gasteiger partial charge >= 0.3 is 6.61 Å². The first-order valence-corrected chi connectivity index (χ1v) is 4.62. The molecule has 0 saturated carbocycles. The Balaban J connectivity index is 3.27. The standard InChI is InChI=1S/C9H6Cl2F2O2/c1-4(14)8-6(11)2-5(10)3-7(8)15-9(12)13/h2-3,9H,1H3. The van der Waals surface area contributed by atoms with Gasteiger partial charge in [-0.3, -0.25) is 4.79 Å². The van der Waals surface area contributed by atoms with Crippen molar-refractivity contribution in [3.05, 3.63) is 27.7 Å². The molecule has 0 aliphatic rings. The third kappa shape index (κ3) is 3.04. The molecule has 2 nitrogen and oxygen atoms in total. The van der Waals surface area contributed by atoms with Crippen molar-refractivity contribution in [3.63, 3.8) is 0 Å². The van der Waals surface area contributed by atoms with Gasteiger partial charge < -0.3 is 4.74 Å². The van der Waals surface area contributed by atoms with Crippen LogP contribution in [0, 0.1) is 0 Å². The lowest BCUT2D eigenvalue weighted by molar-refractivity contribution is -0.0501. The maximum atomic E-state index is 12.0. The summed E-state index contributed by atoms with van der Waals surface area (Å²) in [4.78, 5) is 11.1. The van der Waals surface area contributed by atoms with Gasteiger partial charge in [0.05, 0.1) is 10.6 Å². The van der Waals surface area contributed by atoms with Crippen molar-refractivity contribution in [2.45, 2.75) is 13.5 Å². The molecule has 0 bridgehead atoms. The van der Waals surface area contributed by atoms with Crippen LogP contribution in [0.2, 0.25) is 10.0 Å². The zero-order valence-corrected chi connectivity index (χ0v) is 9.07. The molecule has 0 unspecified atom stereocenters. The average molecular weight is 255 g/mol. The predicted molar refractivity (Wildman–Crippen MR) is 53.1 cm³/mol. The number of ketones is 1. The highest BCUT2D eigenvalue weighted by molar-refractivity contribution is 6.37. The monoisotopic (exact) mass is 254 g/mol. The van der Waals surface area contributed by atoms with Gasteiger partial charge in [0.2, 0.25) is 0 Å². The Hall–Kier alpha value is -0.870. The maximum Gasteiger partial charge on any atom is 0.387 e. The molecule has 0 heterocycles. The summed E-state index contributed by atoms with van der Waals surface area (Å²) < 4.78 is 28.2. The Morgan fingerprint density at radius 3 is 2.47 bits per heavy atom. The summed E-state index contributed by atoms with van der Waals surface area (Å²) in [5.41, 5.74) is -0.0960. The number of Topliss-reactive ketones (excluding diaryl/α,β-unsaturated/α-hetero) is 1. The number of alkyl halides is 2. The maximum absolute atomic E-state index is 12.0. The van der Waals surface area contributed by atoms with Crippen molar-refractivity contribution < 1.29 is 18.3 Å². The molecule has 0 N–H and O–H groups in total. The van der Waals surface area contributed by atoms with E-state index in [0.717, 1.165) is 6.07 Å². The molecule has 0 amide bonds. The molecular formula is C9H6Cl2F2O2. The lowest BCUT2D eigenvalue weighted by atomic mass is 10.1. The summed E-state index contributed by atoms with van der Waals surface area (Å²) in [6.45, 7) is -1.83. The number of carbonyl (C=O) groups is 1. The average Bonchev–Trinajstić information content (AvgIpc) is 1.99. The van der Waals surface area contributed by atoms with Crippen LogP contribution in [0.5, 0.6) is 5.75 Å². The van der Waals surface area contributed by atoms with Crippen molar-refractivity contribution in [1.29, 1.82) is 0 Å². The Labute approximate surface area is 94.7 Å². The number of hydrogen-bond acceptors (Lipinski definition) is 2. The summed E-state index contributed by atoms with van der Waals surface area (Å²) in [7, 11) is 0.